The summed E-state index contributed by atoms with van der Waals surface area (Å²) in [7, 11) is 0. The number of hydrogen-bond donors (Lipinski definition) is 0. The van der Waals surface area contributed by atoms with Crippen LogP contribution in [0.1, 0.15) is 26.7 Å². The van der Waals surface area contributed by atoms with Gasteiger partial charge in [-0.3, -0.25) is 0 Å². The standard InChI is InChI=1S/C9H13F3O2/c1-3-5-6-7(9(10,11)12)8(13)14-4-2/h6H,3-5H2,1-2H3. The third-order valence-electron chi connectivity index (χ3n) is 1.44. The molecule has 0 spiro atoms. The van der Waals surface area contributed by atoms with Gasteiger partial charge in [0.1, 0.15) is 5.57 Å². The van der Waals surface area contributed by atoms with Gasteiger partial charge in [-0.1, -0.05) is 19.4 Å². The molecule has 0 bridgehead atoms. The Morgan fingerprint density at radius 2 is 1.93 bits per heavy atom. The van der Waals surface area contributed by atoms with Gasteiger partial charge in [-0.05, 0) is 13.3 Å². The molecular weight excluding hydrogens is 197 g/mol. The lowest BCUT2D eigenvalue weighted by Crippen LogP contribution is -2.22. The number of esters is 1. The highest BCUT2D eigenvalue weighted by Crippen LogP contribution is 2.27. The summed E-state index contributed by atoms with van der Waals surface area (Å²) in [5, 5.41) is 0. The van der Waals surface area contributed by atoms with E-state index in [0.717, 1.165) is 6.08 Å². The van der Waals surface area contributed by atoms with Crippen molar-refractivity contribution in [3.05, 3.63) is 11.6 Å². The van der Waals surface area contributed by atoms with Gasteiger partial charge in [-0.2, -0.15) is 13.2 Å². The van der Waals surface area contributed by atoms with Gasteiger partial charge in [0, 0.05) is 0 Å². The molecule has 0 amide bonds. The van der Waals surface area contributed by atoms with Crippen molar-refractivity contribution in [3.63, 3.8) is 0 Å². The first-order chi connectivity index (χ1) is 6.43. The fourth-order valence-electron chi connectivity index (χ4n) is 0.812. The Kier molecular flexibility index (Phi) is 5.27. The average molecular weight is 210 g/mol. The van der Waals surface area contributed by atoms with Gasteiger partial charge in [0.2, 0.25) is 0 Å². The molecule has 0 aromatic carbocycles. The molecule has 0 radical (unpaired) electrons. The minimum atomic E-state index is -4.62. The normalized spacial score (nSPS) is 12.8. The van der Waals surface area contributed by atoms with Crippen LogP contribution in [0.5, 0.6) is 0 Å². The number of ether oxygens (including phenoxy) is 1. The third-order valence-corrected chi connectivity index (χ3v) is 1.44. The van der Waals surface area contributed by atoms with Crippen molar-refractivity contribution in [2.75, 3.05) is 6.61 Å². The molecule has 82 valence electrons. The number of carbonyl (C=O) groups is 1. The number of hydrogen-bond acceptors (Lipinski definition) is 2. The predicted octanol–water partition coefficient (Wildman–Crippen LogP) is 2.84. The summed E-state index contributed by atoms with van der Waals surface area (Å²) in [4.78, 5) is 10.9. The third kappa shape index (κ3) is 4.30. The molecule has 2 nitrogen and oxygen atoms in total. The minimum absolute atomic E-state index is 0.0572. The van der Waals surface area contributed by atoms with Gasteiger partial charge in [-0.25, -0.2) is 4.79 Å². The first kappa shape index (κ1) is 13.0. The fourth-order valence-corrected chi connectivity index (χ4v) is 0.812. The highest BCUT2D eigenvalue weighted by atomic mass is 19.4. The Hall–Kier alpha value is -1.00. The molecule has 0 N–H and O–H groups in total. The Labute approximate surface area is 80.7 Å². The predicted molar refractivity (Wildman–Crippen MR) is 45.7 cm³/mol. The van der Waals surface area contributed by atoms with Crippen molar-refractivity contribution in [2.45, 2.75) is 32.9 Å². The lowest BCUT2D eigenvalue weighted by Gasteiger charge is -2.10. The SMILES string of the molecule is CCCC=C(C(=O)OCC)C(F)(F)F. The van der Waals surface area contributed by atoms with Crippen molar-refractivity contribution in [3.8, 4) is 0 Å². The number of unbranched alkanes of at least 4 members (excludes halogenated alkanes) is 1. The van der Waals surface area contributed by atoms with Crippen LogP contribution in [0.4, 0.5) is 13.2 Å². The van der Waals surface area contributed by atoms with Gasteiger partial charge in [0.25, 0.3) is 0 Å². The quantitative estimate of drug-likeness (QED) is 0.526. The molecule has 0 atom stereocenters. The molecule has 5 heteroatoms. The van der Waals surface area contributed by atoms with Gasteiger partial charge in [0.05, 0.1) is 6.61 Å². The lowest BCUT2D eigenvalue weighted by atomic mass is 10.2. The van der Waals surface area contributed by atoms with Gasteiger partial charge in [-0.15, -0.1) is 0 Å². The zero-order valence-electron chi connectivity index (χ0n) is 8.15. The van der Waals surface area contributed by atoms with Crippen LogP contribution in [0.15, 0.2) is 11.6 Å². The molecule has 0 unspecified atom stereocenters. The highest BCUT2D eigenvalue weighted by Gasteiger charge is 2.39. The van der Waals surface area contributed by atoms with Crippen LogP contribution in [0.2, 0.25) is 0 Å². The Bertz CT molecular complexity index is 219. The molecule has 14 heavy (non-hydrogen) atoms. The van der Waals surface area contributed by atoms with Crippen molar-refractivity contribution in [1.82, 2.24) is 0 Å². The maximum atomic E-state index is 12.2. The van der Waals surface area contributed by atoms with E-state index in [-0.39, 0.29) is 13.0 Å². The molecule has 0 saturated carbocycles. The fraction of sp³-hybridized carbons (Fsp3) is 0.667. The largest absolute Gasteiger partial charge is 0.462 e. The summed E-state index contributed by atoms with van der Waals surface area (Å²) >= 11 is 0. The van der Waals surface area contributed by atoms with E-state index in [9.17, 15) is 18.0 Å². The maximum Gasteiger partial charge on any atom is 0.423 e. The zero-order chi connectivity index (χ0) is 11.2. The first-order valence-corrected chi connectivity index (χ1v) is 4.38. The zero-order valence-corrected chi connectivity index (χ0v) is 8.15. The molecule has 0 aromatic heterocycles. The summed E-state index contributed by atoms with van der Waals surface area (Å²) in [5.41, 5.74) is -1.21. The number of halogens is 3. The van der Waals surface area contributed by atoms with Crippen LogP contribution in [-0.2, 0) is 9.53 Å². The van der Waals surface area contributed by atoms with E-state index in [2.05, 4.69) is 4.74 Å². The second-order valence-corrected chi connectivity index (χ2v) is 2.62. The van der Waals surface area contributed by atoms with E-state index < -0.39 is 17.7 Å². The molecule has 0 fully saturated rings. The van der Waals surface area contributed by atoms with Gasteiger partial charge >= 0.3 is 12.1 Å². The van der Waals surface area contributed by atoms with E-state index in [4.69, 9.17) is 0 Å². The van der Waals surface area contributed by atoms with E-state index in [1.54, 1.807) is 6.92 Å². The molecule has 0 aromatic rings. The summed E-state index contributed by atoms with van der Waals surface area (Å²) in [6, 6.07) is 0. The summed E-state index contributed by atoms with van der Waals surface area (Å²) in [6.07, 6.45) is -2.98. The van der Waals surface area contributed by atoms with Crippen LogP contribution in [0, 0.1) is 0 Å². The summed E-state index contributed by atoms with van der Waals surface area (Å²) in [6.45, 7) is 3.14. The smallest absolute Gasteiger partial charge is 0.423 e. The molecule has 0 saturated heterocycles. The first-order valence-electron chi connectivity index (χ1n) is 4.38. The number of carbonyl (C=O) groups excluding carboxylic acids is 1. The number of rotatable bonds is 4. The van der Waals surface area contributed by atoms with Crippen LogP contribution in [-0.4, -0.2) is 18.8 Å². The van der Waals surface area contributed by atoms with Crippen molar-refractivity contribution in [1.29, 1.82) is 0 Å². The van der Waals surface area contributed by atoms with Gasteiger partial charge < -0.3 is 4.74 Å². The van der Waals surface area contributed by atoms with Crippen LogP contribution < -0.4 is 0 Å². The molecule has 0 rings (SSSR count). The van der Waals surface area contributed by atoms with Crippen LogP contribution in [0.25, 0.3) is 0 Å². The average Bonchev–Trinajstić information content (AvgIpc) is 2.03. The molecule has 0 aliphatic carbocycles. The molecular formula is C9H13F3O2. The second kappa shape index (κ2) is 5.67. The molecule has 0 heterocycles. The lowest BCUT2D eigenvalue weighted by molar-refractivity contribution is -0.150. The Balaban J connectivity index is 4.64. The van der Waals surface area contributed by atoms with Crippen molar-refractivity contribution < 1.29 is 22.7 Å². The van der Waals surface area contributed by atoms with Crippen LogP contribution >= 0.6 is 0 Å². The van der Waals surface area contributed by atoms with E-state index in [1.807, 2.05) is 0 Å². The van der Waals surface area contributed by atoms with Crippen molar-refractivity contribution >= 4 is 5.97 Å². The number of allylic oxidation sites excluding steroid dienone is 1. The highest BCUT2D eigenvalue weighted by molar-refractivity contribution is 5.89. The monoisotopic (exact) mass is 210 g/mol. The second-order valence-electron chi connectivity index (χ2n) is 2.62. The number of alkyl halides is 3. The Morgan fingerprint density at radius 1 is 1.36 bits per heavy atom. The van der Waals surface area contributed by atoms with Crippen molar-refractivity contribution in [2.24, 2.45) is 0 Å². The minimum Gasteiger partial charge on any atom is -0.462 e. The van der Waals surface area contributed by atoms with E-state index in [0.29, 0.717) is 6.42 Å². The molecule has 0 aliphatic heterocycles. The summed E-state index contributed by atoms with van der Waals surface area (Å²) < 4.78 is 41.0. The summed E-state index contributed by atoms with van der Waals surface area (Å²) in [5.74, 6) is -1.30. The maximum absolute atomic E-state index is 12.2. The Morgan fingerprint density at radius 3 is 2.29 bits per heavy atom. The van der Waals surface area contributed by atoms with E-state index >= 15 is 0 Å². The van der Waals surface area contributed by atoms with Gasteiger partial charge in [0.15, 0.2) is 0 Å². The van der Waals surface area contributed by atoms with Crippen LogP contribution in [0.3, 0.4) is 0 Å². The topological polar surface area (TPSA) is 26.3 Å². The van der Waals surface area contributed by atoms with E-state index in [1.165, 1.54) is 6.92 Å². The molecule has 0 aliphatic rings.